The monoisotopic (exact) mass is 358 g/mol. The van der Waals surface area contributed by atoms with Gasteiger partial charge in [0.1, 0.15) is 0 Å². The van der Waals surface area contributed by atoms with Crippen LogP contribution in [0.3, 0.4) is 0 Å². The van der Waals surface area contributed by atoms with Crippen molar-refractivity contribution < 1.29 is 9.59 Å². The maximum atomic E-state index is 12.5. The van der Waals surface area contributed by atoms with E-state index in [9.17, 15) is 9.59 Å². The molecule has 6 heteroatoms. The van der Waals surface area contributed by atoms with Crippen molar-refractivity contribution in [1.29, 1.82) is 0 Å². The Morgan fingerprint density at radius 2 is 1.38 bits per heavy atom. The molecule has 0 saturated heterocycles. The number of halogens is 4. The van der Waals surface area contributed by atoms with Gasteiger partial charge in [-0.15, -0.1) is 0 Å². The fraction of sp³-hybridized carbons (Fsp3) is 0.0667. The molecule has 3 rings (SSSR count). The fourth-order valence-electron chi connectivity index (χ4n) is 2.34. The molecule has 0 saturated carbocycles. The number of carbonyl (C=O) groups is 2. The molecule has 0 fully saturated rings. The summed E-state index contributed by atoms with van der Waals surface area (Å²) in [5.74, 6) is -0.612. The SMILES string of the molecule is O=C1c2ccccc2C(=O)c2c(Cl)cc(C(Cl)(Cl)Cl)cc21. The number of hydrogen-bond acceptors (Lipinski definition) is 2. The summed E-state index contributed by atoms with van der Waals surface area (Å²) in [4.78, 5) is 25.0. The van der Waals surface area contributed by atoms with E-state index in [1.165, 1.54) is 12.1 Å². The van der Waals surface area contributed by atoms with Crippen LogP contribution >= 0.6 is 46.4 Å². The van der Waals surface area contributed by atoms with Crippen LogP contribution in [0.5, 0.6) is 0 Å². The second-order valence-electron chi connectivity index (χ2n) is 4.58. The van der Waals surface area contributed by atoms with E-state index in [0.717, 1.165) is 0 Å². The average Bonchev–Trinajstić information content (AvgIpc) is 2.43. The van der Waals surface area contributed by atoms with E-state index in [4.69, 9.17) is 46.4 Å². The van der Waals surface area contributed by atoms with Gasteiger partial charge in [0.05, 0.1) is 10.6 Å². The summed E-state index contributed by atoms with van der Waals surface area (Å²) in [7, 11) is 0. The predicted molar refractivity (Wildman–Crippen MR) is 84.0 cm³/mol. The van der Waals surface area contributed by atoms with Crippen LogP contribution in [0.15, 0.2) is 36.4 Å². The van der Waals surface area contributed by atoms with E-state index in [0.29, 0.717) is 11.1 Å². The zero-order valence-corrected chi connectivity index (χ0v) is 13.3. The number of ketones is 2. The van der Waals surface area contributed by atoms with Gasteiger partial charge in [-0.1, -0.05) is 70.7 Å². The normalized spacial score (nSPS) is 13.9. The Morgan fingerprint density at radius 3 is 1.95 bits per heavy atom. The minimum absolute atomic E-state index is 0.0988. The van der Waals surface area contributed by atoms with E-state index in [1.54, 1.807) is 24.3 Å². The molecule has 0 unspecified atom stereocenters. The molecule has 1 aliphatic carbocycles. The molecule has 0 N–H and O–H groups in total. The van der Waals surface area contributed by atoms with Gasteiger partial charge in [0.2, 0.25) is 3.79 Å². The number of rotatable bonds is 0. The van der Waals surface area contributed by atoms with Crippen LogP contribution < -0.4 is 0 Å². The first-order valence-corrected chi connectivity index (χ1v) is 7.41. The molecule has 0 bridgehead atoms. The highest BCUT2D eigenvalue weighted by atomic mass is 35.6. The van der Waals surface area contributed by atoms with E-state index < -0.39 is 3.79 Å². The van der Waals surface area contributed by atoms with Gasteiger partial charge in [-0.25, -0.2) is 0 Å². The molecule has 0 atom stereocenters. The van der Waals surface area contributed by atoms with Crippen molar-refractivity contribution in [3.05, 3.63) is 69.2 Å². The van der Waals surface area contributed by atoms with Crippen LogP contribution in [-0.4, -0.2) is 11.6 Å². The smallest absolute Gasteiger partial charge is 0.216 e. The van der Waals surface area contributed by atoms with Crippen LogP contribution in [0.4, 0.5) is 0 Å². The summed E-state index contributed by atoms with van der Waals surface area (Å²) in [6.07, 6.45) is 0. The van der Waals surface area contributed by atoms with Gasteiger partial charge in [-0.05, 0) is 12.1 Å². The van der Waals surface area contributed by atoms with Crippen LogP contribution in [0, 0.1) is 0 Å². The Labute approximate surface area is 140 Å². The van der Waals surface area contributed by atoms with Crippen molar-refractivity contribution in [3.8, 4) is 0 Å². The molecule has 2 aromatic rings. The summed E-state index contributed by atoms with van der Waals surface area (Å²) in [5, 5.41) is 0.0988. The van der Waals surface area contributed by atoms with Crippen LogP contribution in [0.25, 0.3) is 0 Å². The molecule has 106 valence electrons. The highest BCUT2D eigenvalue weighted by Crippen LogP contribution is 2.42. The summed E-state index contributed by atoms with van der Waals surface area (Å²) >= 11 is 23.6. The lowest BCUT2D eigenvalue weighted by atomic mass is 9.83. The Bertz CT molecular complexity index is 791. The van der Waals surface area contributed by atoms with Gasteiger partial charge in [0, 0.05) is 22.3 Å². The molecule has 0 aliphatic heterocycles. The summed E-state index contributed by atoms with van der Waals surface area (Å²) in [6.45, 7) is 0. The van der Waals surface area contributed by atoms with Crippen LogP contribution in [0.1, 0.15) is 37.4 Å². The molecular weight excluding hydrogens is 354 g/mol. The molecular formula is C15H6Cl4O2. The Kier molecular flexibility index (Phi) is 3.53. The van der Waals surface area contributed by atoms with Gasteiger partial charge < -0.3 is 0 Å². The minimum atomic E-state index is -1.72. The lowest BCUT2D eigenvalue weighted by Gasteiger charge is -2.21. The maximum absolute atomic E-state index is 12.5. The van der Waals surface area contributed by atoms with E-state index in [-0.39, 0.29) is 33.3 Å². The lowest BCUT2D eigenvalue weighted by molar-refractivity contribution is 0.0979. The highest BCUT2D eigenvalue weighted by Gasteiger charge is 2.34. The van der Waals surface area contributed by atoms with Crippen LogP contribution in [0.2, 0.25) is 5.02 Å². The van der Waals surface area contributed by atoms with Crippen molar-refractivity contribution >= 4 is 58.0 Å². The summed E-state index contributed by atoms with van der Waals surface area (Å²) in [6, 6.07) is 9.37. The van der Waals surface area contributed by atoms with Gasteiger partial charge in [0.25, 0.3) is 0 Å². The van der Waals surface area contributed by atoms with Crippen molar-refractivity contribution in [3.63, 3.8) is 0 Å². The third-order valence-electron chi connectivity index (χ3n) is 3.31. The molecule has 0 radical (unpaired) electrons. The Balaban J connectivity index is 2.31. The van der Waals surface area contributed by atoms with Crippen LogP contribution in [-0.2, 0) is 3.79 Å². The van der Waals surface area contributed by atoms with Gasteiger partial charge in [-0.2, -0.15) is 0 Å². The van der Waals surface area contributed by atoms with Gasteiger partial charge in [-0.3, -0.25) is 9.59 Å². The predicted octanol–water partition coefficient (Wildman–Crippen LogP) is 4.94. The van der Waals surface area contributed by atoms with Crippen molar-refractivity contribution in [2.45, 2.75) is 3.79 Å². The first-order chi connectivity index (χ1) is 9.80. The van der Waals surface area contributed by atoms with E-state index >= 15 is 0 Å². The number of benzene rings is 2. The Morgan fingerprint density at radius 1 is 0.810 bits per heavy atom. The third kappa shape index (κ3) is 2.36. The zero-order valence-electron chi connectivity index (χ0n) is 10.3. The van der Waals surface area contributed by atoms with Crippen molar-refractivity contribution in [1.82, 2.24) is 0 Å². The fourth-order valence-corrected chi connectivity index (χ4v) is 2.97. The molecule has 0 amide bonds. The highest BCUT2D eigenvalue weighted by molar-refractivity contribution is 6.66. The molecule has 0 heterocycles. The second kappa shape index (κ2) is 4.99. The number of fused-ring (bicyclic) bond motifs is 2. The maximum Gasteiger partial charge on any atom is 0.216 e. The number of carbonyl (C=O) groups excluding carboxylic acids is 2. The number of hydrogen-bond donors (Lipinski definition) is 0. The summed E-state index contributed by atoms with van der Waals surface area (Å²) in [5.41, 5.74) is 1.22. The first-order valence-electron chi connectivity index (χ1n) is 5.90. The standard InChI is InChI=1S/C15H6Cl4O2/c16-11-6-7(15(17,18)19)5-10-12(11)14(21)9-4-2-1-3-8(9)13(10)20/h1-6H. The van der Waals surface area contributed by atoms with E-state index in [1.807, 2.05) is 0 Å². The molecule has 2 nitrogen and oxygen atoms in total. The van der Waals surface area contributed by atoms with Crippen molar-refractivity contribution in [2.75, 3.05) is 0 Å². The number of alkyl halides is 3. The topological polar surface area (TPSA) is 34.1 Å². The minimum Gasteiger partial charge on any atom is -0.289 e. The molecule has 21 heavy (non-hydrogen) atoms. The van der Waals surface area contributed by atoms with Crippen molar-refractivity contribution in [2.24, 2.45) is 0 Å². The first kappa shape index (κ1) is 14.9. The van der Waals surface area contributed by atoms with Gasteiger partial charge >= 0.3 is 0 Å². The summed E-state index contributed by atoms with van der Waals surface area (Å²) < 4.78 is -1.72. The largest absolute Gasteiger partial charge is 0.289 e. The zero-order chi connectivity index (χ0) is 15.4. The van der Waals surface area contributed by atoms with Gasteiger partial charge in [0.15, 0.2) is 11.6 Å². The molecule has 0 aromatic heterocycles. The quantitative estimate of drug-likeness (QED) is 0.532. The lowest BCUT2D eigenvalue weighted by Crippen LogP contribution is -2.22. The molecule has 1 aliphatic rings. The third-order valence-corrected chi connectivity index (χ3v) is 4.26. The molecule has 0 spiro atoms. The van der Waals surface area contributed by atoms with E-state index in [2.05, 4.69) is 0 Å². The Hall–Kier alpha value is -1.06. The molecule has 2 aromatic carbocycles. The average molecular weight is 360 g/mol. The second-order valence-corrected chi connectivity index (χ2v) is 7.27.